The summed E-state index contributed by atoms with van der Waals surface area (Å²) < 4.78 is 0. The number of nitrogens with one attached hydrogen (secondary N) is 1. The Bertz CT molecular complexity index is 532. The lowest BCUT2D eigenvalue weighted by molar-refractivity contribution is 0.0883. The number of aliphatic hydroxyl groups excluding tert-OH is 1. The second-order valence-corrected chi connectivity index (χ2v) is 7.80. The first-order valence-corrected chi connectivity index (χ1v) is 9.99. The molecule has 2 fully saturated rings. The molecule has 1 aromatic rings. The van der Waals surface area contributed by atoms with E-state index in [4.69, 9.17) is 0 Å². The van der Waals surface area contributed by atoms with Crippen molar-refractivity contribution in [2.75, 3.05) is 49.5 Å². The van der Waals surface area contributed by atoms with Gasteiger partial charge in [-0.3, -0.25) is 0 Å². The van der Waals surface area contributed by atoms with Crippen LogP contribution in [0.4, 0.5) is 10.5 Å². The van der Waals surface area contributed by atoms with Gasteiger partial charge in [0.25, 0.3) is 0 Å². The van der Waals surface area contributed by atoms with Crippen molar-refractivity contribution in [3.8, 4) is 0 Å². The largest absolute Gasteiger partial charge is 0.391 e. The Kier molecular flexibility index (Phi) is 6.40. The first-order chi connectivity index (χ1) is 11.7. The third-order valence-electron chi connectivity index (χ3n) is 4.71. The quantitative estimate of drug-likeness (QED) is 0.876. The smallest absolute Gasteiger partial charge is 0.321 e. The predicted octanol–water partition coefficient (Wildman–Crippen LogP) is 2.27. The van der Waals surface area contributed by atoms with Crippen LogP contribution in [0.25, 0.3) is 0 Å². The number of likely N-dealkylation sites (tertiary alicyclic amines) is 1. The van der Waals surface area contributed by atoms with Gasteiger partial charge in [-0.2, -0.15) is 11.8 Å². The van der Waals surface area contributed by atoms with Crippen LogP contribution in [0.2, 0.25) is 0 Å². The van der Waals surface area contributed by atoms with Gasteiger partial charge in [0.15, 0.2) is 0 Å². The van der Waals surface area contributed by atoms with E-state index in [0.717, 1.165) is 38.0 Å². The summed E-state index contributed by atoms with van der Waals surface area (Å²) in [6, 6.07) is 8.02. The number of urea groups is 1. The number of hydrogen-bond acceptors (Lipinski definition) is 4. The number of rotatable bonds is 4. The van der Waals surface area contributed by atoms with Crippen LogP contribution in [0.5, 0.6) is 0 Å². The highest BCUT2D eigenvalue weighted by Gasteiger charge is 2.21. The molecule has 0 radical (unpaired) electrons. The summed E-state index contributed by atoms with van der Waals surface area (Å²) in [5.74, 6) is 2.49. The topological polar surface area (TPSA) is 55.8 Å². The van der Waals surface area contributed by atoms with E-state index in [0.29, 0.717) is 6.54 Å². The second-order valence-electron chi connectivity index (χ2n) is 6.57. The van der Waals surface area contributed by atoms with Gasteiger partial charge in [0.1, 0.15) is 0 Å². The molecule has 2 N–H and O–H groups in total. The minimum absolute atomic E-state index is 0.118. The van der Waals surface area contributed by atoms with Gasteiger partial charge in [-0.1, -0.05) is 12.1 Å². The van der Waals surface area contributed by atoms with Gasteiger partial charge in [0, 0.05) is 49.9 Å². The molecule has 1 atom stereocenters. The molecule has 5 nitrogen and oxygen atoms in total. The van der Waals surface area contributed by atoms with E-state index >= 15 is 0 Å². The van der Waals surface area contributed by atoms with Crippen LogP contribution < -0.4 is 5.32 Å². The van der Waals surface area contributed by atoms with Crippen LogP contribution in [-0.4, -0.2) is 71.3 Å². The molecule has 1 aromatic carbocycles. The highest BCUT2D eigenvalue weighted by Crippen LogP contribution is 2.15. The molecule has 2 heterocycles. The molecule has 0 spiro atoms. The summed E-state index contributed by atoms with van der Waals surface area (Å²) >= 11 is 2.04. The van der Waals surface area contributed by atoms with Crippen molar-refractivity contribution in [1.82, 2.24) is 9.80 Å². The lowest BCUT2D eigenvalue weighted by atomic mass is 10.1. The van der Waals surface area contributed by atoms with E-state index in [1.165, 1.54) is 30.2 Å². The van der Waals surface area contributed by atoms with Crippen LogP contribution in [0.3, 0.4) is 0 Å². The van der Waals surface area contributed by atoms with Gasteiger partial charge in [0.05, 0.1) is 6.10 Å². The molecule has 24 heavy (non-hydrogen) atoms. The Morgan fingerprint density at radius 1 is 1.21 bits per heavy atom. The van der Waals surface area contributed by atoms with Crippen molar-refractivity contribution in [3.63, 3.8) is 0 Å². The van der Waals surface area contributed by atoms with Crippen LogP contribution in [0.1, 0.15) is 18.4 Å². The number of benzene rings is 1. The SMILES string of the molecule is O=C(Nc1ccc(CCN2CCSCC2)cc1)N1CCCC(O)C1. The van der Waals surface area contributed by atoms with Crippen molar-refractivity contribution in [2.24, 2.45) is 0 Å². The lowest BCUT2D eigenvalue weighted by Crippen LogP contribution is -2.44. The summed E-state index contributed by atoms with van der Waals surface area (Å²) in [6.45, 7) is 4.64. The highest BCUT2D eigenvalue weighted by molar-refractivity contribution is 7.99. The van der Waals surface area contributed by atoms with Crippen LogP contribution in [-0.2, 0) is 6.42 Å². The summed E-state index contributed by atoms with van der Waals surface area (Å²) in [6.07, 6.45) is 2.31. The van der Waals surface area contributed by atoms with Crippen molar-refractivity contribution < 1.29 is 9.90 Å². The molecule has 1 unspecified atom stereocenters. The minimum Gasteiger partial charge on any atom is -0.391 e. The van der Waals surface area contributed by atoms with Gasteiger partial charge in [-0.25, -0.2) is 4.79 Å². The first-order valence-electron chi connectivity index (χ1n) is 8.84. The average molecular weight is 350 g/mol. The molecular weight excluding hydrogens is 322 g/mol. The zero-order valence-electron chi connectivity index (χ0n) is 14.1. The molecule has 0 bridgehead atoms. The Morgan fingerprint density at radius 2 is 1.96 bits per heavy atom. The van der Waals surface area contributed by atoms with E-state index in [-0.39, 0.29) is 12.1 Å². The number of hydrogen-bond donors (Lipinski definition) is 2. The van der Waals surface area contributed by atoms with Crippen molar-refractivity contribution in [3.05, 3.63) is 29.8 Å². The fourth-order valence-electron chi connectivity index (χ4n) is 3.21. The molecule has 0 aromatic heterocycles. The maximum absolute atomic E-state index is 12.2. The fourth-order valence-corrected chi connectivity index (χ4v) is 4.19. The van der Waals surface area contributed by atoms with E-state index in [1.54, 1.807) is 4.90 Å². The zero-order chi connectivity index (χ0) is 16.8. The Balaban J connectivity index is 1.46. The maximum Gasteiger partial charge on any atom is 0.321 e. The number of anilines is 1. The number of carbonyl (C=O) groups excluding carboxylic acids is 1. The van der Waals surface area contributed by atoms with E-state index in [2.05, 4.69) is 22.3 Å². The van der Waals surface area contributed by atoms with Gasteiger partial charge in [-0.05, 0) is 37.0 Å². The van der Waals surface area contributed by atoms with E-state index in [9.17, 15) is 9.90 Å². The standard InChI is InChI=1S/C18H27N3O2S/c22-17-2-1-8-21(14-17)18(23)19-16-5-3-15(4-6-16)7-9-20-10-12-24-13-11-20/h3-6,17,22H,1-2,7-14H2,(H,19,23). The molecule has 2 aliphatic rings. The third-order valence-corrected chi connectivity index (χ3v) is 5.65. The number of thioether (sulfide) groups is 1. The normalized spacial score (nSPS) is 22.4. The maximum atomic E-state index is 12.2. The number of amides is 2. The van der Waals surface area contributed by atoms with E-state index < -0.39 is 0 Å². The van der Waals surface area contributed by atoms with E-state index in [1.807, 2.05) is 23.9 Å². The van der Waals surface area contributed by atoms with Crippen molar-refractivity contribution in [1.29, 1.82) is 0 Å². The fraction of sp³-hybridized carbons (Fsp3) is 0.611. The summed E-state index contributed by atoms with van der Waals surface area (Å²) in [5.41, 5.74) is 2.12. The highest BCUT2D eigenvalue weighted by atomic mass is 32.2. The lowest BCUT2D eigenvalue weighted by Gasteiger charge is -2.30. The van der Waals surface area contributed by atoms with Crippen molar-refractivity contribution >= 4 is 23.5 Å². The minimum atomic E-state index is -0.389. The van der Waals surface area contributed by atoms with Crippen molar-refractivity contribution in [2.45, 2.75) is 25.4 Å². The molecule has 2 amide bonds. The van der Waals surface area contributed by atoms with Gasteiger partial charge in [0.2, 0.25) is 0 Å². The van der Waals surface area contributed by atoms with Gasteiger partial charge >= 0.3 is 6.03 Å². The summed E-state index contributed by atoms with van der Waals surface area (Å²) in [7, 11) is 0. The molecule has 6 heteroatoms. The number of carbonyl (C=O) groups is 1. The molecule has 2 aliphatic heterocycles. The Labute approximate surface area is 148 Å². The average Bonchev–Trinajstić information content (AvgIpc) is 2.62. The molecular formula is C18H27N3O2S. The number of aliphatic hydroxyl groups is 1. The molecule has 0 aliphatic carbocycles. The molecule has 0 saturated carbocycles. The summed E-state index contributed by atoms with van der Waals surface area (Å²) in [4.78, 5) is 16.4. The monoisotopic (exact) mass is 349 g/mol. The third kappa shape index (κ3) is 5.13. The van der Waals surface area contributed by atoms with Gasteiger partial charge < -0.3 is 20.2 Å². The molecule has 2 saturated heterocycles. The van der Waals surface area contributed by atoms with Gasteiger partial charge in [-0.15, -0.1) is 0 Å². The zero-order valence-corrected chi connectivity index (χ0v) is 14.9. The van der Waals surface area contributed by atoms with Crippen LogP contribution in [0, 0.1) is 0 Å². The number of β-amino-alcohol motifs (C(OH)–C–C–N with tert-alkyl or cyclic N) is 1. The Hall–Kier alpha value is -1.24. The number of nitrogens with zero attached hydrogens (tertiary/aromatic N) is 2. The van der Waals surface area contributed by atoms with Crippen LogP contribution in [0.15, 0.2) is 24.3 Å². The van der Waals surface area contributed by atoms with Crippen LogP contribution >= 0.6 is 11.8 Å². The first kappa shape index (κ1) is 17.6. The summed E-state index contributed by atoms with van der Waals surface area (Å²) in [5, 5.41) is 12.6. The predicted molar refractivity (Wildman–Crippen MR) is 99.7 cm³/mol. The Morgan fingerprint density at radius 3 is 2.67 bits per heavy atom. The second kappa shape index (κ2) is 8.74. The number of piperidine rings is 1. The molecule has 132 valence electrons. The molecule has 3 rings (SSSR count).